The Kier molecular flexibility index (Phi) is 5.87. The van der Waals surface area contributed by atoms with Gasteiger partial charge in [-0.25, -0.2) is 0 Å². The fourth-order valence-electron chi connectivity index (χ4n) is 1.18. The average Bonchev–Trinajstić information content (AvgIpc) is 2.18. The molecule has 0 heteroatoms. The molecule has 0 aromatic carbocycles. The summed E-state index contributed by atoms with van der Waals surface area (Å²) < 4.78 is 0. The average molecular weight is 173 g/mol. The molecule has 0 spiro atoms. The van der Waals surface area contributed by atoms with Crippen LogP contribution in [0, 0.1) is 6.08 Å². The molecule has 0 unspecified atom stereocenters. The van der Waals surface area contributed by atoms with Crippen LogP contribution in [0.4, 0.5) is 0 Å². The van der Waals surface area contributed by atoms with Gasteiger partial charge in [-0.15, -0.1) is 0 Å². The maximum Gasteiger partial charge on any atom is -0.0163 e. The molecule has 0 fully saturated rings. The van der Waals surface area contributed by atoms with Gasteiger partial charge >= 0.3 is 0 Å². The third kappa shape index (κ3) is 6.15. The van der Waals surface area contributed by atoms with Crippen LogP contribution in [0.3, 0.4) is 0 Å². The molecular formula is C13H17. The molecule has 0 saturated carbocycles. The zero-order chi connectivity index (χ0) is 9.19. The van der Waals surface area contributed by atoms with Crippen molar-refractivity contribution < 1.29 is 0 Å². The molecule has 0 bridgehead atoms. The summed E-state index contributed by atoms with van der Waals surface area (Å²) in [6.07, 6.45) is 24.0. The zero-order valence-electron chi connectivity index (χ0n) is 8.08. The molecule has 0 aromatic rings. The molecule has 0 saturated heterocycles. The minimum absolute atomic E-state index is 1.03. The normalized spacial score (nSPS) is 19.1. The minimum atomic E-state index is 1.03. The Labute approximate surface area is 81.4 Å². The van der Waals surface area contributed by atoms with Gasteiger partial charge in [-0.1, -0.05) is 42.5 Å². The van der Waals surface area contributed by atoms with Crippen LogP contribution in [0.15, 0.2) is 42.5 Å². The van der Waals surface area contributed by atoms with E-state index in [2.05, 4.69) is 48.6 Å². The van der Waals surface area contributed by atoms with Gasteiger partial charge in [-0.2, -0.15) is 0 Å². The number of hydrogen-bond acceptors (Lipinski definition) is 0. The Morgan fingerprint density at radius 3 is 2.08 bits per heavy atom. The van der Waals surface area contributed by atoms with Crippen LogP contribution < -0.4 is 0 Å². The highest BCUT2D eigenvalue weighted by Gasteiger charge is 1.79. The molecule has 0 heterocycles. The molecule has 1 aliphatic carbocycles. The van der Waals surface area contributed by atoms with Gasteiger partial charge in [0, 0.05) is 0 Å². The Morgan fingerprint density at radius 1 is 0.692 bits per heavy atom. The van der Waals surface area contributed by atoms with Crippen molar-refractivity contribution in [1.29, 1.82) is 0 Å². The maximum atomic E-state index is 3.28. The highest BCUT2D eigenvalue weighted by Crippen LogP contribution is 1.99. The highest BCUT2D eigenvalue weighted by molar-refractivity contribution is 4.99. The Balaban J connectivity index is 2.38. The van der Waals surface area contributed by atoms with E-state index in [1.54, 1.807) is 0 Å². The van der Waals surface area contributed by atoms with E-state index in [1.807, 2.05) is 0 Å². The molecule has 1 radical (unpaired) electrons. The summed E-state index contributed by atoms with van der Waals surface area (Å²) in [6.45, 7) is 0. The number of rotatable bonds is 0. The number of hydrogen-bond donors (Lipinski definition) is 0. The van der Waals surface area contributed by atoms with E-state index in [4.69, 9.17) is 0 Å². The van der Waals surface area contributed by atoms with Gasteiger partial charge in [0.2, 0.25) is 0 Å². The monoisotopic (exact) mass is 173 g/mol. The second-order valence-corrected chi connectivity index (χ2v) is 3.07. The van der Waals surface area contributed by atoms with Crippen molar-refractivity contribution in [1.82, 2.24) is 0 Å². The third-order valence-electron chi connectivity index (χ3n) is 1.90. The number of allylic oxidation sites excluding steroid dienone is 8. The molecular weight excluding hydrogens is 156 g/mol. The minimum Gasteiger partial charge on any atom is -0.0879 e. The summed E-state index contributed by atoms with van der Waals surface area (Å²) in [5.41, 5.74) is 0. The van der Waals surface area contributed by atoms with Crippen LogP contribution in [-0.2, 0) is 0 Å². The summed E-state index contributed by atoms with van der Waals surface area (Å²) in [7, 11) is 0. The van der Waals surface area contributed by atoms with Gasteiger partial charge in [-0.05, 0) is 38.2 Å². The van der Waals surface area contributed by atoms with Crippen molar-refractivity contribution >= 4 is 0 Å². The molecule has 1 aliphatic rings. The molecule has 69 valence electrons. The molecule has 0 aliphatic heterocycles. The highest BCUT2D eigenvalue weighted by atomic mass is 13.9. The van der Waals surface area contributed by atoms with Gasteiger partial charge in [0.05, 0.1) is 0 Å². The van der Waals surface area contributed by atoms with Crippen LogP contribution in [0.2, 0.25) is 0 Å². The van der Waals surface area contributed by atoms with Crippen LogP contribution in [0.25, 0.3) is 0 Å². The molecule has 1 rings (SSSR count). The van der Waals surface area contributed by atoms with Gasteiger partial charge in [-0.3, -0.25) is 0 Å². The zero-order valence-corrected chi connectivity index (χ0v) is 8.08. The van der Waals surface area contributed by atoms with Crippen molar-refractivity contribution in [3.63, 3.8) is 0 Å². The summed E-state index contributed by atoms with van der Waals surface area (Å²) in [5.74, 6) is 0. The first-order valence-electron chi connectivity index (χ1n) is 5.00. The first-order valence-corrected chi connectivity index (χ1v) is 5.00. The predicted octanol–water partition coefficient (Wildman–Crippen LogP) is 3.98. The predicted molar refractivity (Wildman–Crippen MR) is 58.3 cm³/mol. The van der Waals surface area contributed by atoms with Gasteiger partial charge in [0.15, 0.2) is 0 Å². The van der Waals surface area contributed by atoms with E-state index >= 15 is 0 Å². The van der Waals surface area contributed by atoms with Crippen LogP contribution in [-0.4, -0.2) is 0 Å². The van der Waals surface area contributed by atoms with Crippen LogP contribution >= 0.6 is 0 Å². The SMILES string of the molecule is [C]1=CCC=CCC=CCC=CCC1. The first-order chi connectivity index (χ1) is 6.50. The van der Waals surface area contributed by atoms with E-state index in [0.29, 0.717) is 0 Å². The van der Waals surface area contributed by atoms with Crippen molar-refractivity contribution in [2.45, 2.75) is 32.1 Å². The second kappa shape index (κ2) is 7.60. The fraction of sp³-hybridized carbons (Fsp3) is 0.385. The Morgan fingerprint density at radius 2 is 1.31 bits per heavy atom. The summed E-state index contributed by atoms with van der Waals surface area (Å²) in [5, 5.41) is 0. The molecule has 0 amide bonds. The van der Waals surface area contributed by atoms with Gasteiger partial charge < -0.3 is 0 Å². The molecule has 13 heavy (non-hydrogen) atoms. The summed E-state index contributed by atoms with van der Waals surface area (Å²) in [4.78, 5) is 0. The van der Waals surface area contributed by atoms with Gasteiger partial charge in [0.25, 0.3) is 0 Å². The second-order valence-electron chi connectivity index (χ2n) is 3.07. The van der Waals surface area contributed by atoms with E-state index in [9.17, 15) is 0 Å². The van der Waals surface area contributed by atoms with Crippen molar-refractivity contribution in [3.8, 4) is 0 Å². The maximum absolute atomic E-state index is 3.28. The molecule has 0 aromatic heterocycles. The van der Waals surface area contributed by atoms with Crippen molar-refractivity contribution in [2.24, 2.45) is 0 Å². The lowest BCUT2D eigenvalue weighted by atomic mass is 10.2. The largest absolute Gasteiger partial charge is 0.0879 e. The Bertz CT molecular complexity index is 192. The van der Waals surface area contributed by atoms with E-state index in [1.165, 1.54) is 0 Å². The lowest BCUT2D eigenvalue weighted by Crippen LogP contribution is -1.66. The first kappa shape index (κ1) is 10.0. The van der Waals surface area contributed by atoms with Crippen molar-refractivity contribution in [3.05, 3.63) is 48.6 Å². The fourth-order valence-corrected chi connectivity index (χ4v) is 1.18. The smallest absolute Gasteiger partial charge is 0.0163 e. The topological polar surface area (TPSA) is 0 Å². The van der Waals surface area contributed by atoms with E-state index in [0.717, 1.165) is 32.1 Å². The van der Waals surface area contributed by atoms with Crippen LogP contribution in [0.5, 0.6) is 0 Å². The molecule has 0 N–H and O–H groups in total. The quantitative estimate of drug-likeness (QED) is 0.486. The van der Waals surface area contributed by atoms with Crippen LogP contribution in [0.1, 0.15) is 32.1 Å². The molecule has 0 atom stereocenters. The third-order valence-corrected chi connectivity index (χ3v) is 1.90. The van der Waals surface area contributed by atoms with E-state index in [-0.39, 0.29) is 0 Å². The Hall–Kier alpha value is -1.04. The van der Waals surface area contributed by atoms with E-state index < -0.39 is 0 Å². The lowest BCUT2D eigenvalue weighted by molar-refractivity contribution is 1.01. The summed E-state index contributed by atoms with van der Waals surface area (Å²) in [6, 6.07) is 0. The lowest BCUT2D eigenvalue weighted by Gasteiger charge is -1.85. The van der Waals surface area contributed by atoms with Gasteiger partial charge in [0.1, 0.15) is 0 Å². The molecule has 0 nitrogen and oxygen atoms in total. The summed E-state index contributed by atoms with van der Waals surface area (Å²) >= 11 is 0. The van der Waals surface area contributed by atoms with Crippen molar-refractivity contribution in [2.75, 3.05) is 0 Å². The standard InChI is InChI=1S/C13H17/c1-2-4-6-8-10-12-13-11-9-7-5-3-1/h1-2,5-8,11H,3-4,9-10,12H2.